The molecule has 0 heterocycles. The molecule has 0 atom stereocenters. The third kappa shape index (κ3) is 3.36. The van der Waals surface area contributed by atoms with Crippen molar-refractivity contribution in [1.29, 1.82) is 0 Å². The molecule has 0 saturated heterocycles. The van der Waals surface area contributed by atoms with E-state index in [1.165, 1.54) is 16.3 Å². The minimum absolute atomic E-state index is 0.165. The van der Waals surface area contributed by atoms with Gasteiger partial charge in [-0.25, -0.2) is 0 Å². The van der Waals surface area contributed by atoms with Crippen LogP contribution in [0.1, 0.15) is 24.8 Å². The van der Waals surface area contributed by atoms with Crippen LogP contribution in [0.4, 0.5) is 0 Å². The SMILES string of the molecule is O=C(CCNCc1cccc2ccccc12)NC1CC1. The Hall–Kier alpha value is -1.87. The normalized spacial score (nSPS) is 14.4. The summed E-state index contributed by atoms with van der Waals surface area (Å²) in [5.74, 6) is 0.165. The van der Waals surface area contributed by atoms with Crippen LogP contribution in [0.2, 0.25) is 0 Å². The van der Waals surface area contributed by atoms with E-state index in [4.69, 9.17) is 0 Å². The van der Waals surface area contributed by atoms with Crippen molar-refractivity contribution >= 4 is 16.7 Å². The van der Waals surface area contributed by atoms with E-state index in [9.17, 15) is 4.79 Å². The molecule has 0 radical (unpaired) electrons. The summed E-state index contributed by atoms with van der Waals surface area (Å²) in [7, 11) is 0. The molecule has 1 saturated carbocycles. The monoisotopic (exact) mass is 268 g/mol. The molecule has 3 rings (SSSR count). The molecule has 2 aromatic rings. The molecule has 0 aromatic heterocycles. The van der Waals surface area contributed by atoms with Crippen LogP contribution in [0.25, 0.3) is 10.8 Å². The van der Waals surface area contributed by atoms with Crippen molar-refractivity contribution in [3.8, 4) is 0 Å². The molecule has 2 N–H and O–H groups in total. The molecule has 1 aliphatic carbocycles. The molecule has 20 heavy (non-hydrogen) atoms. The molecule has 0 aliphatic heterocycles. The fourth-order valence-electron chi connectivity index (χ4n) is 2.40. The van der Waals surface area contributed by atoms with Gasteiger partial charge in [-0.05, 0) is 29.2 Å². The maximum Gasteiger partial charge on any atom is 0.221 e. The van der Waals surface area contributed by atoms with Crippen LogP contribution in [-0.4, -0.2) is 18.5 Å². The van der Waals surface area contributed by atoms with Crippen LogP contribution in [-0.2, 0) is 11.3 Å². The van der Waals surface area contributed by atoms with Gasteiger partial charge in [0.05, 0.1) is 0 Å². The first-order chi connectivity index (χ1) is 9.83. The molecule has 0 bridgehead atoms. The fraction of sp³-hybridized carbons (Fsp3) is 0.353. The Bertz CT molecular complexity index is 599. The van der Waals surface area contributed by atoms with E-state index >= 15 is 0 Å². The molecule has 104 valence electrons. The van der Waals surface area contributed by atoms with Gasteiger partial charge >= 0.3 is 0 Å². The van der Waals surface area contributed by atoms with Gasteiger partial charge in [-0.15, -0.1) is 0 Å². The minimum atomic E-state index is 0.165. The van der Waals surface area contributed by atoms with Crippen LogP contribution >= 0.6 is 0 Å². The molecule has 0 spiro atoms. The lowest BCUT2D eigenvalue weighted by Crippen LogP contribution is -2.29. The topological polar surface area (TPSA) is 41.1 Å². The second-order valence-electron chi connectivity index (χ2n) is 5.41. The van der Waals surface area contributed by atoms with E-state index in [2.05, 4.69) is 53.1 Å². The highest BCUT2D eigenvalue weighted by Gasteiger charge is 2.22. The van der Waals surface area contributed by atoms with Crippen molar-refractivity contribution in [2.75, 3.05) is 6.54 Å². The molecule has 1 amide bonds. The van der Waals surface area contributed by atoms with Gasteiger partial charge in [0.25, 0.3) is 0 Å². The Balaban J connectivity index is 1.50. The van der Waals surface area contributed by atoms with Crippen molar-refractivity contribution in [2.24, 2.45) is 0 Å². The summed E-state index contributed by atoms with van der Waals surface area (Å²) in [6.07, 6.45) is 2.85. The second kappa shape index (κ2) is 6.06. The number of hydrogen-bond acceptors (Lipinski definition) is 2. The largest absolute Gasteiger partial charge is 0.353 e. The molecule has 3 heteroatoms. The zero-order valence-corrected chi connectivity index (χ0v) is 11.6. The van der Waals surface area contributed by atoms with Crippen molar-refractivity contribution in [2.45, 2.75) is 31.8 Å². The van der Waals surface area contributed by atoms with Crippen molar-refractivity contribution < 1.29 is 4.79 Å². The van der Waals surface area contributed by atoms with Crippen molar-refractivity contribution in [3.63, 3.8) is 0 Å². The maximum absolute atomic E-state index is 11.6. The first-order valence-corrected chi connectivity index (χ1v) is 7.29. The number of hydrogen-bond donors (Lipinski definition) is 2. The lowest BCUT2D eigenvalue weighted by molar-refractivity contribution is -0.121. The standard InChI is InChI=1S/C17H20N2O/c20-17(19-15-8-9-15)10-11-18-12-14-6-3-5-13-4-1-2-7-16(13)14/h1-7,15,18H,8-12H2,(H,19,20). The van der Waals surface area contributed by atoms with Gasteiger partial charge in [-0.3, -0.25) is 4.79 Å². The minimum Gasteiger partial charge on any atom is -0.353 e. The lowest BCUT2D eigenvalue weighted by Gasteiger charge is -2.08. The van der Waals surface area contributed by atoms with E-state index in [0.717, 1.165) is 25.9 Å². The molecular formula is C17H20N2O. The highest BCUT2D eigenvalue weighted by molar-refractivity contribution is 5.85. The summed E-state index contributed by atoms with van der Waals surface area (Å²) >= 11 is 0. The lowest BCUT2D eigenvalue weighted by atomic mass is 10.0. The van der Waals surface area contributed by atoms with Crippen molar-refractivity contribution in [3.05, 3.63) is 48.0 Å². The predicted octanol–water partition coefficient (Wildman–Crippen LogP) is 2.60. The fourth-order valence-corrected chi connectivity index (χ4v) is 2.40. The highest BCUT2D eigenvalue weighted by Crippen LogP contribution is 2.19. The molecule has 0 unspecified atom stereocenters. The zero-order valence-electron chi connectivity index (χ0n) is 11.6. The summed E-state index contributed by atoms with van der Waals surface area (Å²) in [6, 6.07) is 15.2. The molecule has 1 fully saturated rings. The van der Waals surface area contributed by atoms with Crippen molar-refractivity contribution in [1.82, 2.24) is 10.6 Å². The average molecular weight is 268 g/mol. The summed E-state index contributed by atoms with van der Waals surface area (Å²) in [5, 5.41) is 8.91. The molecule has 2 aromatic carbocycles. The third-order valence-electron chi connectivity index (χ3n) is 3.67. The number of amides is 1. The summed E-state index contributed by atoms with van der Waals surface area (Å²) in [6.45, 7) is 1.53. The van der Waals surface area contributed by atoms with E-state index in [-0.39, 0.29) is 5.91 Å². The number of fused-ring (bicyclic) bond motifs is 1. The zero-order chi connectivity index (χ0) is 13.8. The summed E-state index contributed by atoms with van der Waals surface area (Å²) in [5.41, 5.74) is 1.28. The van der Waals surface area contributed by atoms with Gasteiger partial charge < -0.3 is 10.6 Å². The van der Waals surface area contributed by atoms with Gasteiger partial charge in [0.1, 0.15) is 0 Å². The average Bonchev–Trinajstić information content (AvgIpc) is 3.27. The smallest absolute Gasteiger partial charge is 0.221 e. The van der Waals surface area contributed by atoms with E-state index < -0.39 is 0 Å². The van der Waals surface area contributed by atoms with Gasteiger partial charge in [0, 0.05) is 25.6 Å². The Morgan fingerprint density at radius 1 is 1.10 bits per heavy atom. The molecular weight excluding hydrogens is 248 g/mol. The Kier molecular flexibility index (Phi) is 3.97. The molecule has 3 nitrogen and oxygen atoms in total. The number of carbonyl (C=O) groups is 1. The highest BCUT2D eigenvalue weighted by atomic mass is 16.1. The van der Waals surface area contributed by atoms with Gasteiger partial charge in [0.15, 0.2) is 0 Å². The van der Waals surface area contributed by atoms with Crippen LogP contribution in [0, 0.1) is 0 Å². The van der Waals surface area contributed by atoms with E-state index in [0.29, 0.717) is 12.5 Å². The first kappa shape index (κ1) is 13.1. The van der Waals surface area contributed by atoms with Crippen LogP contribution in [0.5, 0.6) is 0 Å². The number of rotatable bonds is 6. The first-order valence-electron chi connectivity index (χ1n) is 7.29. The van der Waals surface area contributed by atoms with E-state index in [1.807, 2.05) is 0 Å². The van der Waals surface area contributed by atoms with Gasteiger partial charge in [0.2, 0.25) is 5.91 Å². The number of nitrogens with one attached hydrogen (secondary N) is 2. The third-order valence-corrected chi connectivity index (χ3v) is 3.67. The van der Waals surface area contributed by atoms with Gasteiger partial charge in [-0.1, -0.05) is 42.5 Å². The van der Waals surface area contributed by atoms with Crippen LogP contribution < -0.4 is 10.6 Å². The Morgan fingerprint density at radius 2 is 1.90 bits per heavy atom. The predicted molar refractivity (Wildman–Crippen MR) is 81.4 cm³/mol. The molecule has 1 aliphatic rings. The van der Waals surface area contributed by atoms with Crippen LogP contribution in [0.15, 0.2) is 42.5 Å². The number of benzene rings is 2. The van der Waals surface area contributed by atoms with E-state index in [1.54, 1.807) is 0 Å². The number of carbonyl (C=O) groups excluding carboxylic acids is 1. The summed E-state index contributed by atoms with van der Waals surface area (Å²) < 4.78 is 0. The Labute approximate surface area is 119 Å². The second-order valence-corrected chi connectivity index (χ2v) is 5.41. The Morgan fingerprint density at radius 3 is 2.75 bits per heavy atom. The maximum atomic E-state index is 11.6. The summed E-state index contributed by atoms with van der Waals surface area (Å²) in [4.78, 5) is 11.6. The van der Waals surface area contributed by atoms with Gasteiger partial charge in [-0.2, -0.15) is 0 Å². The van der Waals surface area contributed by atoms with Crippen LogP contribution in [0.3, 0.4) is 0 Å². The quantitative estimate of drug-likeness (QED) is 0.791.